The third-order valence-electron chi connectivity index (χ3n) is 6.17. The first kappa shape index (κ1) is 30.5. The Morgan fingerprint density at radius 1 is 0.919 bits per heavy atom. The zero-order chi connectivity index (χ0) is 27.0. The van der Waals surface area contributed by atoms with Crippen molar-refractivity contribution >= 4 is 11.0 Å². The standard InChI is InChI=1S/C32H48O5/c1-7-8-9-10-11-12-13-14-22-34-28-20-16-19-27-29(28)37-32(33)31(30(27)36-25(4)5)35-23-21-26(6)18-15-17-24(2)3/h16-17,19-21,25H,7-15,18,22-23H2,1-6H3. The molecule has 1 aromatic heterocycles. The van der Waals surface area contributed by atoms with E-state index in [2.05, 4.69) is 33.8 Å². The minimum Gasteiger partial charge on any atom is -0.490 e. The Hall–Kier alpha value is -2.69. The Morgan fingerprint density at radius 2 is 1.62 bits per heavy atom. The summed E-state index contributed by atoms with van der Waals surface area (Å²) in [5.41, 5.74) is 2.38. The number of ether oxygens (including phenoxy) is 3. The van der Waals surface area contributed by atoms with Crippen LogP contribution in [0, 0.1) is 0 Å². The maximum Gasteiger partial charge on any atom is 0.383 e. The van der Waals surface area contributed by atoms with E-state index in [4.69, 9.17) is 18.6 Å². The third-order valence-corrected chi connectivity index (χ3v) is 6.17. The van der Waals surface area contributed by atoms with Crippen LogP contribution in [0.2, 0.25) is 0 Å². The van der Waals surface area contributed by atoms with E-state index in [-0.39, 0.29) is 18.5 Å². The summed E-state index contributed by atoms with van der Waals surface area (Å²) in [6.07, 6.45) is 15.9. The van der Waals surface area contributed by atoms with Crippen LogP contribution in [-0.4, -0.2) is 19.3 Å². The molecule has 0 aliphatic carbocycles. The Bertz CT molecular complexity index is 1060. The van der Waals surface area contributed by atoms with Crippen molar-refractivity contribution in [2.24, 2.45) is 0 Å². The number of benzene rings is 1. The summed E-state index contributed by atoms with van der Waals surface area (Å²) in [5, 5.41) is 0.681. The first-order chi connectivity index (χ1) is 17.8. The van der Waals surface area contributed by atoms with E-state index in [1.54, 1.807) is 0 Å². The van der Waals surface area contributed by atoms with Crippen molar-refractivity contribution in [1.29, 1.82) is 0 Å². The topological polar surface area (TPSA) is 57.9 Å². The average Bonchev–Trinajstić information content (AvgIpc) is 2.84. The smallest absolute Gasteiger partial charge is 0.383 e. The number of unbranched alkanes of at least 4 members (excludes halogenated alkanes) is 7. The second-order valence-corrected chi connectivity index (χ2v) is 10.4. The maximum absolute atomic E-state index is 13.0. The van der Waals surface area contributed by atoms with Crippen LogP contribution in [0.4, 0.5) is 0 Å². The molecule has 0 unspecified atom stereocenters. The summed E-state index contributed by atoms with van der Waals surface area (Å²) in [6.45, 7) is 13.3. The van der Waals surface area contributed by atoms with Crippen molar-refractivity contribution in [2.45, 2.75) is 112 Å². The largest absolute Gasteiger partial charge is 0.490 e. The number of fused-ring (bicyclic) bond motifs is 1. The average molecular weight is 513 g/mol. The minimum absolute atomic E-state index is 0.106. The van der Waals surface area contributed by atoms with Crippen LogP contribution in [0.25, 0.3) is 11.0 Å². The molecule has 0 N–H and O–H groups in total. The molecular formula is C32H48O5. The van der Waals surface area contributed by atoms with Gasteiger partial charge in [0, 0.05) is 0 Å². The summed E-state index contributed by atoms with van der Waals surface area (Å²) < 4.78 is 23.7. The Kier molecular flexibility index (Phi) is 14.0. The van der Waals surface area contributed by atoms with Gasteiger partial charge in [0.1, 0.15) is 6.61 Å². The van der Waals surface area contributed by atoms with Gasteiger partial charge in [-0.25, -0.2) is 4.79 Å². The quantitative estimate of drug-likeness (QED) is 0.113. The van der Waals surface area contributed by atoms with Crippen molar-refractivity contribution in [3.63, 3.8) is 0 Å². The first-order valence-corrected chi connectivity index (χ1v) is 14.1. The summed E-state index contributed by atoms with van der Waals surface area (Å²) in [6, 6.07) is 5.62. The molecule has 0 aliphatic rings. The Balaban J connectivity index is 2.09. The first-order valence-electron chi connectivity index (χ1n) is 14.1. The van der Waals surface area contributed by atoms with E-state index < -0.39 is 5.63 Å². The van der Waals surface area contributed by atoms with Gasteiger partial charge in [-0.2, -0.15) is 0 Å². The number of hydrogen-bond donors (Lipinski definition) is 0. The molecule has 1 heterocycles. The fourth-order valence-electron chi connectivity index (χ4n) is 4.12. The van der Waals surface area contributed by atoms with Crippen LogP contribution in [0.3, 0.4) is 0 Å². The van der Waals surface area contributed by atoms with Gasteiger partial charge in [-0.05, 0) is 72.1 Å². The lowest BCUT2D eigenvalue weighted by Gasteiger charge is -2.17. The molecule has 0 saturated carbocycles. The second kappa shape index (κ2) is 16.9. The molecule has 0 spiro atoms. The molecule has 1 aromatic carbocycles. The molecule has 37 heavy (non-hydrogen) atoms. The molecule has 5 heteroatoms. The van der Waals surface area contributed by atoms with E-state index in [0.717, 1.165) is 25.7 Å². The molecule has 5 nitrogen and oxygen atoms in total. The fourth-order valence-corrected chi connectivity index (χ4v) is 4.12. The zero-order valence-electron chi connectivity index (χ0n) is 24.0. The summed E-state index contributed by atoms with van der Waals surface area (Å²) >= 11 is 0. The highest BCUT2D eigenvalue weighted by atomic mass is 16.5. The van der Waals surface area contributed by atoms with E-state index in [1.807, 2.05) is 38.1 Å². The number of para-hydroxylation sites is 1. The van der Waals surface area contributed by atoms with Gasteiger partial charge >= 0.3 is 5.63 Å². The number of hydrogen-bond acceptors (Lipinski definition) is 5. The van der Waals surface area contributed by atoms with Gasteiger partial charge in [-0.3, -0.25) is 0 Å². The van der Waals surface area contributed by atoms with Crippen molar-refractivity contribution in [3.8, 4) is 17.2 Å². The Labute approximate surface area is 223 Å². The van der Waals surface area contributed by atoms with Crippen molar-refractivity contribution in [3.05, 3.63) is 51.9 Å². The molecule has 206 valence electrons. The molecule has 0 fully saturated rings. The lowest BCUT2D eigenvalue weighted by molar-refractivity contribution is 0.224. The molecule has 2 rings (SSSR count). The van der Waals surface area contributed by atoms with Gasteiger partial charge in [-0.1, -0.05) is 75.2 Å². The summed E-state index contributed by atoms with van der Waals surface area (Å²) in [7, 11) is 0. The van der Waals surface area contributed by atoms with Gasteiger partial charge < -0.3 is 18.6 Å². The number of rotatable bonds is 18. The SMILES string of the molecule is CCCCCCCCCCOc1cccc2c(OC(C)C)c(OCC=C(C)CCC=C(C)C)c(=O)oc12. The molecule has 0 radical (unpaired) electrons. The Morgan fingerprint density at radius 3 is 2.30 bits per heavy atom. The predicted octanol–water partition coefficient (Wildman–Crippen LogP) is 9.17. The minimum atomic E-state index is -0.554. The highest BCUT2D eigenvalue weighted by molar-refractivity contribution is 5.89. The molecule has 0 amide bonds. The van der Waals surface area contributed by atoms with Gasteiger partial charge in [0.25, 0.3) is 0 Å². The number of allylic oxidation sites excluding steroid dienone is 3. The lowest BCUT2D eigenvalue weighted by Crippen LogP contribution is -2.14. The van der Waals surface area contributed by atoms with Crippen LogP contribution >= 0.6 is 0 Å². The third kappa shape index (κ3) is 11.1. The van der Waals surface area contributed by atoms with Gasteiger partial charge in [0.2, 0.25) is 5.75 Å². The molecular weight excluding hydrogens is 464 g/mol. The molecule has 0 aliphatic heterocycles. The van der Waals surface area contributed by atoms with E-state index in [1.165, 1.54) is 49.7 Å². The highest BCUT2D eigenvalue weighted by Gasteiger charge is 2.21. The predicted molar refractivity (Wildman–Crippen MR) is 154 cm³/mol. The highest BCUT2D eigenvalue weighted by Crippen LogP contribution is 2.37. The normalized spacial score (nSPS) is 11.7. The molecule has 0 atom stereocenters. The summed E-state index contributed by atoms with van der Waals surface area (Å²) in [4.78, 5) is 13.0. The second-order valence-electron chi connectivity index (χ2n) is 10.4. The van der Waals surface area contributed by atoms with Gasteiger partial charge in [0.15, 0.2) is 17.1 Å². The van der Waals surface area contributed by atoms with Crippen LogP contribution in [0.5, 0.6) is 17.2 Å². The molecule has 0 saturated heterocycles. The van der Waals surface area contributed by atoms with Crippen molar-refractivity contribution in [1.82, 2.24) is 0 Å². The van der Waals surface area contributed by atoms with Crippen LogP contribution in [-0.2, 0) is 0 Å². The van der Waals surface area contributed by atoms with Gasteiger partial charge in [0.05, 0.1) is 18.1 Å². The monoisotopic (exact) mass is 512 g/mol. The maximum atomic E-state index is 13.0. The molecule has 2 aromatic rings. The van der Waals surface area contributed by atoms with E-state index >= 15 is 0 Å². The van der Waals surface area contributed by atoms with Crippen LogP contribution in [0.1, 0.15) is 106 Å². The van der Waals surface area contributed by atoms with E-state index in [9.17, 15) is 4.79 Å². The summed E-state index contributed by atoms with van der Waals surface area (Å²) in [5.74, 6) is 1.08. The molecule has 0 bridgehead atoms. The van der Waals surface area contributed by atoms with Crippen LogP contribution in [0.15, 0.2) is 50.7 Å². The van der Waals surface area contributed by atoms with Crippen LogP contribution < -0.4 is 19.8 Å². The van der Waals surface area contributed by atoms with Gasteiger partial charge in [-0.15, -0.1) is 0 Å². The van der Waals surface area contributed by atoms with Crippen molar-refractivity contribution < 1.29 is 18.6 Å². The lowest BCUT2D eigenvalue weighted by atomic mass is 10.1. The zero-order valence-corrected chi connectivity index (χ0v) is 24.0. The fraction of sp³-hybridized carbons (Fsp3) is 0.594. The van der Waals surface area contributed by atoms with Crippen molar-refractivity contribution in [2.75, 3.05) is 13.2 Å². The van der Waals surface area contributed by atoms with E-state index in [0.29, 0.717) is 29.1 Å².